The lowest BCUT2D eigenvalue weighted by atomic mass is 10.3. The summed E-state index contributed by atoms with van der Waals surface area (Å²) in [6.07, 6.45) is 1.32. The topological polar surface area (TPSA) is 123 Å². The first-order valence-electron chi connectivity index (χ1n) is 8.52. The van der Waals surface area contributed by atoms with Gasteiger partial charge in [0.05, 0.1) is 11.4 Å². The fourth-order valence-electron chi connectivity index (χ4n) is 1.81. The Morgan fingerprint density at radius 1 is 1.13 bits per heavy atom. The van der Waals surface area contributed by atoms with Crippen molar-refractivity contribution in [2.24, 2.45) is 20.1 Å². The number of hydrogen-bond donors (Lipinski definition) is 0. The predicted molar refractivity (Wildman–Crippen MR) is 110 cm³/mol. The van der Waals surface area contributed by atoms with Crippen LogP contribution in [0.2, 0.25) is 19.6 Å². The largest absolute Gasteiger partial charge is 0.272 e. The van der Waals surface area contributed by atoms with Gasteiger partial charge < -0.3 is 0 Å². The van der Waals surface area contributed by atoms with E-state index < -0.39 is 19.9 Å². The van der Waals surface area contributed by atoms with E-state index in [0.717, 1.165) is 11.1 Å². The van der Waals surface area contributed by atoms with Gasteiger partial charge in [-0.1, -0.05) is 37.0 Å². The van der Waals surface area contributed by atoms with Gasteiger partial charge in [-0.2, -0.15) is 15.1 Å². The van der Waals surface area contributed by atoms with Crippen LogP contribution in [0.3, 0.4) is 0 Å². The zero-order valence-electron chi connectivity index (χ0n) is 16.5. The molecule has 0 spiro atoms. The molecule has 12 heteroatoms. The van der Waals surface area contributed by atoms with E-state index in [-0.39, 0.29) is 18.1 Å². The summed E-state index contributed by atoms with van der Waals surface area (Å²) in [6, 6.07) is 11.1. The summed E-state index contributed by atoms with van der Waals surface area (Å²) in [5.74, 6) is -1.05. The highest BCUT2D eigenvalue weighted by Gasteiger charge is 2.20. The van der Waals surface area contributed by atoms with Crippen molar-refractivity contribution in [1.29, 1.82) is 0 Å². The summed E-state index contributed by atoms with van der Waals surface area (Å²) in [4.78, 5) is 26.7. The average molecular weight is 431 g/mol. The first-order chi connectivity index (χ1) is 14.2. The number of azide groups is 1. The molecule has 0 radical (unpaired) electrons. The molecule has 1 aliphatic rings. The highest BCUT2D eigenvalue weighted by molar-refractivity contribution is 6.74. The Hall–Kier alpha value is -3.72. The smallest absolute Gasteiger partial charge is 0.270 e. The third kappa shape index (κ3) is 9.47. The van der Waals surface area contributed by atoms with Gasteiger partial charge in [0, 0.05) is 6.07 Å². The molecule has 0 atom stereocenters. The summed E-state index contributed by atoms with van der Waals surface area (Å²) < 4.78 is 28.6. The summed E-state index contributed by atoms with van der Waals surface area (Å²) in [5.41, 5.74) is 8.59. The summed E-state index contributed by atoms with van der Waals surface area (Å²) in [6.45, 7) is 6.02. The lowest BCUT2D eigenvalue weighted by Crippen LogP contribution is -2.21. The minimum absolute atomic E-state index is 0.0382. The number of isocyanates is 1. The quantitative estimate of drug-likeness (QED) is 0.160. The van der Waals surface area contributed by atoms with E-state index in [0.29, 0.717) is 5.69 Å². The Labute approximate surface area is 172 Å². The van der Waals surface area contributed by atoms with Gasteiger partial charge in [-0.05, 0) is 40.8 Å². The van der Waals surface area contributed by atoms with Crippen LogP contribution in [0.15, 0.2) is 68.6 Å². The number of benzene rings is 2. The molecule has 0 saturated heterocycles. The number of hydrogen-bond acceptors (Lipinski definition) is 6. The molecule has 1 heterocycles. The Bertz CT molecular complexity index is 998. The third-order valence-corrected chi connectivity index (χ3v) is 3.66. The molecule has 2 aromatic carbocycles. The number of rotatable bonds is 3. The zero-order chi connectivity index (χ0) is 22.6. The maximum absolute atomic E-state index is 12.7. The Balaban J connectivity index is 0.000000238. The highest BCUT2D eigenvalue weighted by atomic mass is 28.3. The van der Waals surface area contributed by atoms with E-state index in [1.54, 1.807) is 6.07 Å². The molecule has 0 aliphatic carbocycles. The standard InChI is InChI=1S/C8H6FN3O.C7H4FNO.C3H9N3Si/c9-6-2-1-3-7(4-6)12-8(13)5-10-11-12;8-6-2-1-3-7(4-6)9-5-10;1-7(2,3)6-5-4/h1-4H,5H2;1-4H;1-3H3. The number of aliphatic imine (C=N–C) groups is 1. The van der Waals surface area contributed by atoms with E-state index in [1.807, 2.05) is 19.6 Å². The van der Waals surface area contributed by atoms with Gasteiger partial charge in [0.2, 0.25) is 6.08 Å². The Morgan fingerprint density at radius 3 is 2.20 bits per heavy atom. The van der Waals surface area contributed by atoms with Crippen LogP contribution in [0, 0.1) is 11.6 Å². The third-order valence-electron chi connectivity index (χ3n) is 2.98. The van der Waals surface area contributed by atoms with Gasteiger partial charge in [-0.3, -0.25) is 4.79 Å². The van der Waals surface area contributed by atoms with E-state index in [1.165, 1.54) is 42.5 Å². The molecule has 3 rings (SSSR count). The molecule has 1 amide bonds. The number of carbonyl (C=O) groups is 1. The van der Waals surface area contributed by atoms with Crippen LogP contribution in [-0.2, 0) is 9.59 Å². The van der Waals surface area contributed by atoms with Gasteiger partial charge in [-0.15, -0.1) is 4.78 Å². The second kappa shape index (κ2) is 12.0. The minimum Gasteiger partial charge on any atom is -0.270 e. The van der Waals surface area contributed by atoms with E-state index in [4.69, 9.17) is 5.53 Å². The van der Waals surface area contributed by atoms with Crippen LogP contribution in [0.5, 0.6) is 0 Å². The molecular weight excluding hydrogens is 412 g/mol. The van der Waals surface area contributed by atoms with Crippen molar-refractivity contribution >= 4 is 31.6 Å². The molecule has 1 aliphatic heterocycles. The van der Waals surface area contributed by atoms with Crippen LogP contribution >= 0.6 is 0 Å². The number of carbonyl (C=O) groups excluding carboxylic acids is 2. The van der Waals surface area contributed by atoms with Crippen molar-refractivity contribution in [2.45, 2.75) is 19.6 Å². The molecule has 0 unspecified atom stereocenters. The van der Waals surface area contributed by atoms with Crippen molar-refractivity contribution in [3.63, 3.8) is 0 Å². The molecule has 0 fully saturated rings. The molecule has 0 saturated carbocycles. The second-order valence-electron chi connectivity index (χ2n) is 6.62. The summed E-state index contributed by atoms with van der Waals surface area (Å²) in [7, 11) is -1.45. The number of nitrogens with zero attached hydrogens (tertiary/aromatic N) is 7. The second-order valence-corrected chi connectivity index (χ2v) is 11.2. The predicted octanol–water partition coefficient (Wildman–Crippen LogP) is 5.46. The Kier molecular flexibility index (Phi) is 9.70. The molecule has 0 aromatic heterocycles. The van der Waals surface area contributed by atoms with Crippen molar-refractivity contribution in [3.05, 3.63) is 70.6 Å². The number of amides is 1. The molecule has 0 bridgehead atoms. The molecule has 156 valence electrons. The van der Waals surface area contributed by atoms with Gasteiger partial charge in [0.25, 0.3) is 5.91 Å². The highest BCUT2D eigenvalue weighted by Crippen LogP contribution is 2.18. The molecule has 30 heavy (non-hydrogen) atoms. The van der Waals surface area contributed by atoms with Crippen LogP contribution in [0.4, 0.5) is 20.2 Å². The van der Waals surface area contributed by atoms with Gasteiger partial charge in [0.1, 0.15) is 26.4 Å². The lowest BCUT2D eigenvalue weighted by molar-refractivity contribution is -0.116. The van der Waals surface area contributed by atoms with Crippen molar-refractivity contribution in [1.82, 2.24) is 0 Å². The van der Waals surface area contributed by atoms with E-state index in [9.17, 15) is 18.4 Å². The minimum atomic E-state index is -1.45. The first kappa shape index (κ1) is 24.3. The van der Waals surface area contributed by atoms with Crippen molar-refractivity contribution in [3.8, 4) is 0 Å². The Morgan fingerprint density at radius 2 is 1.77 bits per heavy atom. The number of anilines is 1. The van der Waals surface area contributed by atoms with E-state index in [2.05, 4.69) is 25.0 Å². The number of halogens is 2. The van der Waals surface area contributed by atoms with Gasteiger partial charge >= 0.3 is 0 Å². The van der Waals surface area contributed by atoms with Crippen LogP contribution in [0.25, 0.3) is 10.4 Å². The van der Waals surface area contributed by atoms with Crippen LogP contribution in [0.1, 0.15) is 0 Å². The molecule has 0 N–H and O–H groups in total. The average Bonchev–Trinajstić information content (AvgIpc) is 3.08. The van der Waals surface area contributed by atoms with Crippen molar-refractivity contribution in [2.75, 3.05) is 11.6 Å². The van der Waals surface area contributed by atoms with Crippen LogP contribution in [-0.4, -0.2) is 26.8 Å². The molecular formula is C18H19F2N7O2Si. The monoisotopic (exact) mass is 431 g/mol. The zero-order valence-corrected chi connectivity index (χ0v) is 17.5. The SMILES string of the molecule is C[Si](C)(C)N=[N+]=[N-].O=C1CN=NN1c1cccc(F)c1.O=C=Nc1cccc(F)c1. The summed E-state index contributed by atoms with van der Waals surface area (Å²) in [5, 5.41) is 8.19. The normalized spacial score (nSPS) is 11.9. The van der Waals surface area contributed by atoms with Crippen LogP contribution < -0.4 is 5.01 Å². The maximum Gasteiger partial charge on any atom is 0.272 e. The summed E-state index contributed by atoms with van der Waals surface area (Å²) >= 11 is 0. The fraction of sp³-hybridized carbons (Fsp3) is 0.222. The van der Waals surface area contributed by atoms with Gasteiger partial charge in [-0.25, -0.2) is 13.6 Å². The first-order valence-corrected chi connectivity index (χ1v) is 12.0. The van der Waals surface area contributed by atoms with E-state index >= 15 is 0 Å². The molecule has 2 aromatic rings. The molecule has 9 nitrogen and oxygen atoms in total. The lowest BCUT2D eigenvalue weighted by Gasteiger charge is -2.08. The van der Waals surface area contributed by atoms with Gasteiger partial charge in [0.15, 0.2) is 0 Å². The maximum atomic E-state index is 12.7. The fourth-order valence-corrected chi connectivity index (χ4v) is 2.08. The van der Waals surface area contributed by atoms with Crippen molar-refractivity contribution < 1.29 is 18.4 Å².